The molecule has 1 aromatic heterocycles. The van der Waals surface area contributed by atoms with Crippen molar-refractivity contribution in [3.8, 4) is 5.75 Å². The van der Waals surface area contributed by atoms with Crippen LogP contribution in [0.25, 0.3) is 0 Å². The molecule has 2 heterocycles. The highest BCUT2D eigenvalue weighted by molar-refractivity contribution is 6.06. The summed E-state index contributed by atoms with van der Waals surface area (Å²) in [7, 11) is 1.66. The number of carbonyl (C=O) groups is 1. The first kappa shape index (κ1) is 21.5. The van der Waals surface area contributed by atoms with Crippen LogP contribution in [0.4, 0.5) is 11.8 Å². The summed E-state index contributed by atoms with van der Waals surface area (Å²) in [5, 5.41) is 3.24. The summed E-state index contributed by atoms with van der Waals surface area (Å²) in [6.45, 7) is 3.20. The summed E-state index contributed by atoms with van der Waals surface area (Å²) in [6.07, 6.45) is 6.02. The number of nitrogens with zero attached hydrogens (tertiary/aromatic N) is 3. The van der Waals surface area contributed by atoms with E-state index in [9.17, 15) is 4.79 Å². The topological polar surface area (TPSA) is 103 Å². The second-order valence-electron chi connectivity index (χ2n) is 8.40. The van der Waals surface area contributed by atoms with Crippen LogP contribution in [0.2, 0.25) is 0 Å². The molecule has 0 saturated heterocycles. The van der Waals surface area contributed by atoms with Crippen LogP contribution < -0.4 is 20.7 Å². The molecular formula is C23H31N5O3. The molecule has 2 aliphatic rings. The SMILES string of the molecule is COC[C@H](C)Nc1nccc(N(C(=O)c2ccc3c(c2)CCO3)C2CCC(N)CC2)n1. The van der Waals surface area contributed by atoms with Gasteiger partial charge in [-0.3, -0.25) is 9.69 Å². The van der Waals surface area contributed by atoms with Crippen molar-refractivity contribution in [1.29, 1.82) is 0 Å². The van der Waals surface area contributed by atoms with Crippen LogP contribution in [0, 0.1) is 0 Å². The number of rotatable bonds is 7. The summed E-state index contributed by atoms with van der Waals surface area (Å²) >= 11 is 0. The predicted molar refractivity (Wildman–Crippen MR) is 120 cm³/mol. The number of anilines is 2. The van der Waals surface area contributed by atoms with Gasteiger partial charge in [0.05, 0.1) is 13.2 Å². The Bertz CT molecular complexity index is 914. The van der Waals surface area contributed by atoms with E-state index in [4.69, 9.17) is 15.2 Å². The summed E-state index contributed by atoms with van der Waals surface area (Å²) < 4.78 is 10.8. The molecule has 4 rings (SSSR count). The van der Waals surface area contributed by atoms with Crippen LogP contribution in [0.15, 0.2) is 30.5 Å². The van der Waals surface area contributed by atoms with Crippen molar-refractivity contribution >= 4 is 17.7 Å². The summed E-state index contributed by atoms with van der Waals surface area (Å²) in [5.41, 5.74) is 7.86. The zero-order valence-electron chi connectivity index (χ0n) is 18.2. The number of methoxy groups -OCH3 is 1. The van der Waals surface area contributed by atoms with Crippen molar-refractivity contribution in [3.63, 3.8) is 0 Å². The third-order valence-corrected chi connectivity index (χ3v) is 5.94. The molecule has 1 saturated carbocycles. The van der Waals surface area contributed by atoms with Crippen LogP contribution in [-0.2, 0) is 11.2 Å². The molecular weight excluding hydrogens is 394 g/mol. The zero-order valence-corrected chi connectivity index (χ0v) is 18.2. The normalized spacial score (nSPS) is 21.1. The Hall–Kier alpha value is -2.71. The number of benzene rings is 1. The minimum atomic E-state index is -0.0511. The third kappa shape index (κ3) is 4.97. The van der Waals surface area contributed by atoms with Gasteiger partial charge in [-0.2, -0.15) is 4.98 Å². The minimum Gasteiger partial charge on any atom is -0.493 e. The third-order valence-electron chi connectivity index (χ3n) is 5.94. The number of ether oxygens (including phenoxy) is 2. The largest absolute Gasteiger partial charge is 0.493 e. The van der Waals surface area contributed by atoms with E-state index in [1.807, 2.05) is 30.0 Å². The molecule has 0 spiro atoms. The maximum Gasteiger partial charge on any atom is 0.259 e. The van der Waals surface area contributed by atoms with Crippen LogP contribution in [0.5, 0.6) is 5.75 Å². The highest BCUT2D eigenvalue weighted by atomic mass is 16.5. The molecule has 8 heteroatoms. The molecule has 1 aromatic carbocycles. The van der Waals surface area contributed by atoms with E-state index in [2.05, 4.69) is 15.3 Å². The molecule has 1 aliphatic heterocycles. The molecule has 1 amide bonds. The molecule has 8 nitrogen and oxygen atoms in total. The molecule has 31 heavy (non-hydrogen) atoms. The molecule has 1 atom stereocenters. The van der Waals surface area contributed by atoms with Gasteiger partial charge in [-0.1, -0.05) is 0 Å². The number of fused-ring (bicyclic) bond motifs is 1. The van der Waals surface area contributed by atoms with Gasteiger partial charge in [-0.05, 0) is 62.4 Å². The second-order valence-corrected chi connectivity index (χ2v) is 8.40. The van der Waals surface area contributed by atoms with E-state index >= 15 is 0 Å². The summed E-state index contributed by atoms with van der Waals surface area (Å²) in [6, 6.07) is 7.79. The average Bonchev–Trinajstić information content (AvgIpc) is 3.23. The molecule has 0 unspecified atom stereocenters. The molecule has 2 aromatic rings. The number of nitrogens with two attached hydrogens (primary N) is 1. The summed E-state index contributed by atoms with van der Waals surface area (Å²) in [4.78, 5) is 24.6. The molecule has 166 valence electrons. The summed E-state index contributed by atoms with van der Waals surface area (Å²) in [5.74, 6) is 1.90. The zero-order chi connectivity index (χ0) is 21.8. The van der Waals surface area contributed by atoms with Gasteiger partial charge in [-0.25, -0.2) is 4.98 Å². The maximum atomic E-state index is 13.7. The number of hydrogen-bond acceptors (Lipinski definition) is 7. The first-order valence-corrected chi connectivity index (χ1v) is 11.0. The van der Waals surface area contributed by atoms with Crippen molar-refractivity contribution in [2.45, 2.75) is 57.2 Å². The minimum absolute atomic E-state index is 0.0498. The Balaban J connectivity index is 1.64. The van der Waals surface area contributed by atoms with Crippen LogP contribution in [-0.4, -0.2) is 54.3 Å². The van der Waals surface area contributed by atoms with Crippen molar-refractivity contribution in [2.75, 3.05) is 30.5 Å². The average molecular weight is 426 g/mol. The molecule has 0 bridgehead atoms. The van der Waals surface area contributed by atoms with E-state index < -0.39 is 0 Å². The number of aromatic nitrogens is 2. The molecule has 1 aliphatic carbocycles. The number of nitrogens with one attached hydrogen (secondary N) is 1. The van der Waals surface area contributed by atoms with Crippen LogP contribution in [0.1, 0.15) is 48.5 Å². The fraction of sp³-hybridized carbons (Fsp3) is 0.522. The molecule has 0 radical (unpaired) electrons. The maximum absolute atomic E-state index is 13.7. The Kier molecular flexibility index (Phi) is 6.67. The fourth-order valence-corrected chi connectivity index (χ4v) is 4.34. The Morgan fingerprint density at radius 3 is 2.90 bits per heavy atom. The van der Waals surface area contributed by atoms with E-state index in [1.54, 1.807) is 19.4 Å². The first-order chi connectivity index (χ1) is 15.0. The molecule has 1 fully saturated rings. The lowest BCUT2D eigenvalue weighted by Gasteiger charge is -2.35. The van der Waals surface area contributed by atoms with Gasteiger partial charge < -0.3 is 20.5 Å². The Labute approximate surface area is 183 Å². The van der Waals surface area contributed by atoms with Crippen LogP contribution >= 0.6 is 0 Å². The fourth-order valence-electron chi connectivity index (χ4n) is 4.34. The van der Waals surface area contributed by atoms with E-state index in [-0.39, 0.29) is 24.0 Å². The standard InChI is InChI=1S/C23H31N5O3/c1-15(14-30-2)26-23-25-11-9-21(27-23)28(19-6-4-18(24)5-7-19)22(29)17-3-8-20-16(13-17)10-12-31-20/h3,8-9,11,13,15,18-19H,4-7,10,12,14,24H2,1-2H3,(H,25,26,27)/t15-,18?,19?/m0/s1. The van der Waals surface area contributed by atoms with E-state index in [0.29, 0.717) is 30.5 Å². The monoisotopic (exact) mass is 425 g/mol. The second kappa shape index (κ2) is 9.62. The van der Waals surface area contributed by atoms with Gasteiger partial charge in [0.15, 0.2) is 0 Å². The number of amides is 1. The highest BCUT2D eigenvalue weighted by Gasteiger charge is 2.31. The molecule has 3 N–H and O–H groups in total. The smallest absolute Gasteiger partial charge is 0.259 e. The Morgan fingerprint density at radius 2 is 2.13 bits per heavy atom. The number of carbonyl (C=O) groups excluding carboxylic acids is 1. The van der Waals surface area contributed by atoms with Crippen molar-refractivity contribution < 1.29 is 14.3 Å². The van der Waals surface area contributed by atoms with Gasteiger partial charge in [0.2, 0.25) is 5.95 Å². The highest BCUT2D eigenvalue weighted by Crippen LogP contribution is 2.31. The van der Waals surface area contributed by atoms with Gasteiger partial charge in [0.1, 0.15) is 11.6 Å². The van der Waals surface area contributed by atoms with Gasteiger partial charge in [0, 0.05) is 43.4 Å². The van der Waals surface area contributed by atoms with Crippen molar-refractivity contribution in [3.05, 3.63) is 41.6 Å². The van der Waals surface area contributed by atoms with Crippen LogP contribution in [0.3, 0.4) is 0 Å². The lowest BCUT2D eigenvalue weighted by molar-refractivity contribution is 0.0968. The van der Waals surface area contributed by atoms with E-state index in [0.717, 1.165) is 43.4 Å². The Morgan fingerprint density at radius 1 is 1.32 bits per heavy atom. The van der Waals surface area contributed by atoms with E-state index in [1.165, 1.54) is 0 Å². The quantitative estimate of drug-likeness (QED) is 0.703. The van der Waals surface area contributed by atoms with Crippen molar-refractivity contribution in [2.24, 2.45) is 5.73 Å². The van der Waals surface area contributed by atoms with Crippen molar-refractivity contribution in [1.82, 2.24) is 9.97 Å². The lowest BCUT2D eigenvalue weighted by atomic mass is 9.90. The number of hydrogen-bond donors (Lipinski definition) is 2. The van der Waals surface area contributed by atoms with Gasteiger partial charge in [-0.15, -0.1) is 0 Å². The first-order valence-electron chi connectivity index (χ1n) is 11.0. The lowest BCUT2D eigenvalue weighted by Crippen LogP contribution is -2.45. The van der Waals surface area contributed by atoms with Gasteiger partial charge in [0.25, 0.3) is 5.91 Å². The predicted octanol–water partition coefficient (Wildman–Crippen LogP) is 2.78. The van der Waals surface area contributed by atoms with Gasteiger partial charge >= 0.3 is 0 Å².